The summed E-state index contributed by atoms with van der Waals surface area (Å²) in [7, 11) is 0. The van der Waals surface area contributed by atoms with Crippen molar-refractivity contribution in [1.29, 1.82) is 0 Å². The van der Waals surface area contributed by atoms with E-state index in [4.69, 9.17) is 11.6 Å². The zero-order valence-corrected chi connectivity index (χ0v) is 19.1. The molecule has 0 aliphatic carbocycles. The molecule has 168 valence electrons. The number of hydrogen-bond donors (Lipinski definition) is 1. The first-order chi connectivity index (χ1) is 15.3. The molecule has 2 fully saturated rings. The average Bonchev–Trinajstić information content (AvgIpc) is 3.15. The maximum atomic E-state index is 13.2. The van der Waals surface area contributed by atoms with Crippen LogP contribution in [0.2, 0.25) is 5.02 Å². The van der Waals surface area contributed by atoms with Gasteiger partial charge in [0, 0.05) is 26.1 Å². The van der Waals surface area contributed by atoms with Crippen LogP contribution < -0.4 is 10.2 Å². The topological polar surface area (TPSA) is 69.7 Å². The van der Waals surface area contributed by atoms with Crippen LogP contribution in [0.5, 0.6) is 0 Å². The fourth-order valence-electron chi connectivity index (χ4n) is 4.80. The van der Waals surface area contributed by atoms with E-state index in [-0.39, 0.29) is 30.7 Å². The highest BCUT2D eigenvalue weighted by molar-refractivity contribution is 6.34. The number of piperidine rings is 1. The summed E-state index contributed by atoms with van der Waals surface area (Å²) in [5, 5.41) is 3.38. The number of para-hydroxylation sites is 2. The smallest absolute Gasteiger partial charge is 0.255 e. The normalized spacial score (nSPS) is 23.3. The Morgan fingerprint density at radius 1 is 0.969 bits per heavy atom. The van der Waals surface area contributed by atoms with E-state index < -0.39 is 5.92 Å². The molecule has 0 saturated carbocycles. The van der Waals surface area contributed by atoms with Crippen molar-refractivity contribution in [3.8, 4) is 0 Å². The van der Waals surface area contributed by atoms with Crippen molar-refractivity contribution >= 4 is 40.7 Å². The number of carbonyl (C=O) groups excluding carboxylic acids is 3. The Balaban J connectivity index is 1.48. The van der Waals surface area contributed by atoms with Gasteiger partial charge in [-0.15, -0.1) is 0 Å². The molecule has 0 spiro atoms. The number of nitrogens with one attached hydrogen (secondary N) is 1. The van der Waals surface area contributed by atoms with Crippen molar-refractivity contribution in [3.63, 3.8) is 0 Å². The van der Waals surface area contributed by atoms with Crippen LogP contribution >= 0.6 is 11.6 Å². The summed E-state index contributed by atoms with van der Waals surface area (Å²) in [5.74, 6) is -0.0987. The van der Waals surface area contributed by atoms with E-state index in [1.165, 1.54) is 0 Å². The SMILES string of the molecule is CC1CC(C)CN(C(=O)c2ccccc2NC(=O)C2CC(=O)N(c3ccccc3Cl)C2)C1. The summed E-state index contributed by atoms with van der Waals surface area (Å²) in [6.45, 7) is 6.01. The van der Waals surface area contributed by atoms with Gasteiger partial charge in [0.1, 0.15) is 0 Å². The predicted octanol–water partition coefficient (Wildman–Crippen LogP) is 4.45. The Kier molecular flexibility index (Phi) is 6.51. The lowest BCUT2D eigenvalue weighted by Crippen LogP contribution is -2.42. The first-order valence-corrected chi connectivity index (χ1v) is 11.4. The summed E-state index contributed by atoms with van der Waals surface area (Å²) in [5.41, 5.74) is 1.57. The number of anilines is 2. The fourth-order valence-corrected chi connectivity index (χ4v) is 5.04. The van der Waals surface area contributed by atoms with Crippen LogP contribution in [0.25, 0.3) is 0 Å². The zero-order chi connectivity index (χ0) is 22.8. The summed E-state index contributed by atoms with van der Waals surface area (Å²) in [4.78, 5) is 42.3. The van der Waals surface area contributed by atoms with E-state index in [0.29, 0.717) is 33.8 Å². The Hall–Kier alpha value is -2.86. The largest absolute Gasteiger partial charge is 0.338 e. The maximum absolute atomic E-state index is 13.2. The molecule has 0 radical (unpaired) electrons. The van der Waals surface area contributed by atoms with Crippen molar-refractivity contribution in [1.82, 2.24) is 4.90 Å². The second-order valence-corrected chi connectivity index (χ2v) is 9.46. The molecular formula is C25H28ClN3O3. The van der Waals surface area contributed by atoms with Gasteiger partial charge in [0.15, 0.2) is 0 Å². The van der Waals surface area contributed by atoms with Gasteiger partial charge in [-0.3, -0.25) is 14.4 Å². The van der Waals surface area contributed by atoms with Gasteiger partial charge in [-0.1, -0.05) is 49.7 Å². The number of amides is 3. The van der Waals surface area contributed by atoms with Gasteiger partial charge in [-0.05, 0) is 42.5 Å². The van der Waals surface area contributed by atoms with Crippen molar-refractivity contribution in [3.05, 3.63) is 59.1 Å². The fraction of sp³-hybridized carbons (Fsp3) is 0.400. The van der Waals surface area contributed by atoms with Crippen LogP contribution in [0.4, 0.5) is 11.4 Å². The molecule has 0 bridgehead atoms. The van der Waals surface area contributed by atoms with Crippen molar-refractivity contribution in [2.45, 2.75) is 26.7 Å². The van der Waals surface area contributed by atoms with Gasteiger partial charge in [0.2, 0.25) is 11.8 Å². The molecule has 2 heterocycles. The Morgan fingerprint density at radius 3 is 2.34 bits per heavy atom. The van der Waals surface area contributed by atoms with Crippen LogP contribution in [0.3, 0.4) is 0 Å². The molecule has 3 unspecified atom stereocenters. The molecule has 4 rings (SSSR count). The molecule has 7 heteroatoms. The standard InChI is InChI=1S/C25H28ClN3O3/c1-16-11-17(2)14-28(13-16)25(32)19-7-3-5-9-21(19)27-24(31)18-12-23(30)29(15-18)22-10-6-4-8-20(22)26/h3-10,16-18H,11-15H2,1-2H3,(H,27,31). The Morgan fingerprint density at radius 2 is 1.62 bits per heavy atom. The number of carbonyl (C=O) groups is 3. The van der Waals surface area contributed by atoms with E-state index in [0.717, 1.165) is 19.5 Å². The van der Waals surface area contributed by atoms with E-state index in [1.54, 1.807) is 47.4 Å². The predicted molar refractivity (Wildman–Crippen MR) is 126 cm³/mol. The molecule has 1 N–H and O–H groups in total. The van der Waals surface area contributed by atoms with Crippen molar-refractivity contribution < 1.29 is 14.4 Å². The second kappa shape index (κ2) is 9.33. The summed E-state index contributed by atoms with van der Waals surface area (Å²) in [6.07, 6.45) is 1.22. The molecule has 32 heavy (non-hydrogen) atoms. The van der Waals surface area contributed by atoms with E-state index >= 15 is 0 Å². The molecule has 2 saturated heterocycles. The number of likely N-dealkylation sites (tertiary alicyclic amines) is 1. The average molecular weight is 454 g/mol. The lowest BCUT2D eigenvalue weighted by molar-refractivity contribution is -0.122. The van der Waals surface area contributed by atoms with Crippen LogP contribution in [0, 0.1) is 17.8 Å². The number of benzene rings is 2. The third-order valence-electron chi connectivity index (χ3n) is 6.21. The quantitative estimate of drug-likeness (QED) is 0.743. The minimum atomic E-state index is -0.517. The number of halogens is 1. The van der Waals surface area contributed by atoms with Gasteiger partial charge in [0.25, 0.3) is 5.91 Å². The highest BCUT2D eigenvalue weighted by Crippen LogP contribution is 2.32. The van der Waals surface area contributed by atoms with Gasteiger partial charge in [-0.2, -0.15) is 0 Å². The Labute approximate surface area is 193 Å². The summed E-state index contributed by atoms with van der Waals surface area (Å²) >= 11 is 6.24. The molecule has 2 aliphatic rings. The van der Waals surface area contributed by atoms with Crippen LogP contribution in [0.1, 0.15) is 37.0 Å². The number of hydrogen-bond acceptors (Lipinski definition) is 3. The van der Waals surface area contributed by atoms with Crippen LogP contribution in [-0.4, -0.2) is 42.3 Å². The van der Waals surface area contributed by atoms with Crippen molar-refractivity contribution in [2.24, 2.45) is 17.8 Å². The third kappa shape index (κ3) is 4.65. The monoisotopic (exact) mass is 453 g/mol. The summed E-state index contributed by atoms with van der Waals surface area (Å²) in [6, 6.07) is 14.2. The third-order valence-corrected chi connectivity index (χ3v) is 6.53. The van der Waals surface area contributed by atoms with E-state index in [9.17, 15) is 14.4 Å². The maximum Gasteiger partial charge on any atom is 0.255 e. The summed E-state index contributed by atoms with van der Waals surface area (Å²) < 4.78 is 0. The number of nitrogens with zero attached hydrogens (tertiary/aromatic N) is 2. The van der Waals surface area contributed by atoms with Gasteiger partial charge in [-0.25, -0.2) is 0 Å². The highest BCUT2D eigenvalue weighted by atomic mass is 35.5. The molecule has 2 aliphatic heterocycles. The first-order valence-electron chi connectivity index (χ1n) is 11.1. The molecular weight excluding hydrogens is 426 g/mol. The van der Waals surface area contributed by atoms with Gasteiger partial charge < -0.3 is 15.1 Å². The molecule has 2 aromatic rings. The van der Waals surface area contributed by atoms with E-state index in [2.05, 4.69) is 19.2 Å². The molecule has 0 aromatic heterocycles. The lowest BCUT2D eigenvalue weighted by atomic mass is 9.91. The molecule has 2 aromatic carbocycles. The van der Waals surface area contributed by atoms with Gasteiger partial charge in [0.05, 0.1) is 27.9 Å². The lowest BCUT2D eigenvalue weighted by Gasteiger charge is -2.35. The zero-order valence-electron chi connectivity index (χ0n) is 18.4. The number of rotatable bonds is 4. The van der Waals surface area contributed by atoms with Crippen molar-refractivity contribution in [2.75, 3.05) is 29.9 Å². The van der Waals surface area contributed by atoms with Crippen LogP contribution in [-0.2, 0) is 9.59 Å². The minimum Gasteiger partial charge on any atom is -0.338 e. The first kappa shape index (κ1) is 22.3. The minimum absolute atomic E-state index is 0.0699. The molecule has 3 atom stereocenters. The van der Waals surface area contributed by atoms with Gasteiger partial charge >= 0.3 is 0 Å². The highest BCUT2D eigenvalue weighted by Gasteiger charge is 2.36. The van der Waals surface area contributed by atoms with Crippen LogP contribution in [0.15, 0.2) is 48.5 Å². The molecule has 6 nitrogen and oxygen atoms in total. The Bertz CT molecular complexity index is 1030. The second-order valence-electron chi connectivity index (χ2n) is 9.05. The van der Waals surface area contributed by atoms with E-state index in [1.807, 2.05) is 11.0 Å². The molecule has 3 amide bonds.